The summed E-state index contributed by atoms with van der Waals surface area (Å²) in [6.07, 6.45) is 3.18. The smallest absolute Gasteiger partial charge is 0.206 e. The van der Waals surface area contributed by atoms with Crippen molar-refractivity contribution in [2.24, 2.45) is 0 Å². The van der Waals surface area contributed by atoms with E-state index in [-0.39, 0.29) is 0 Å². The molecule has 0 aromatic rings. The molecular formula is C7H10F2. The van der Waals surface area contributed by atoms with E-state index in [4.69, 9.17) is 0 Å². The van der Waals surface area contributed by atoms with Crippen molar-refractivity contribution < 1.29 is 8.78 Å². The zero-order valence-electron chi connectivity index (χ0n) is 5.19. The van der Waals surface area contributed by atoms with Gasteiger partial charge in [0.2, 0.25) is 0 Å². The first-order chi connectivity index (χ1) is 4.27. The summed E-state index contributed by atoms with van der Waals surface area (Å²) in [6.45, 7) is 3.46. The molecule has 0 aliphatic carbocycles. The summed E-state index contributed by atoms with van der Waals surface area (Å²) in [5, 5.41) is 0. The van der Waals surface area contributed by atoms with Crippen LogP contribution < -0.4 is 0 Å². The highest BCUT2D eigenvalue weighted by Crippen LogP contribution is 1.97. The van der Waals surface area contributed by atoms with Crippen LogP contribution in [0.25, 0.3) is 0 Å². The molecule has 0 fully saturated rings. The minimum absolute atomic E-state index is 0.661. The molecule has 0 saturated carbocycles. The van der Waals surface area contributed by atoms with Gasteiger partial charge in [-0.25, -0.2) is 8.78 Å². The summed E-state index contributed by atoms with van der Waals surface area (Å²) >= 11 is 0. The van der Waals surface area contributed by atoms with Gasteiger partial charge in [-0.3, -0.25) is 0 Å². The van der Waals surface area contributed by atoms with Crippen molar-refractivity contribution in [2.75, 3.05) is 0 Å². The van der Waals surface area contributed by atoms with E-state index in [1.165, 1.54) is 6.08 Å². The Kier molecular flexibility index (Phi) is 5.07. The first kappa shape index (κ1) is 8.34. The lowest BCUT2D eigenvalue weighted by atomic mass is 10.3. The van der Waals surface area contributed by atoms with Crippen molar-refractivity contribution in [3.63, 3.8) is 0 Å². The number of alkyl halides is 2. The third kappa shape index (κ3) is 7.34. The Morgan fingerprint density at radius 3 is 2.44 bits per heavy atom. The molecule has 0 nitrogen and oxygen atoms in total. The van der Waals surface area contributed by atoms with Crippen molar-refractivity contribution in [2.45, 2.75) is 19.3 Å². The second kappa shape index (κ2) is 5.48. The van der Waals surface area contributed by atoms with E-state index < -0.39 is 6.43 Å². The monoisotopic (exact) mass is 132 g/mol. The van der Waals surface area contributed by atoms with Gasteiger partial charge in [0.25, 0.3) is 6.43 Å². The summed E-state index contributed by atoms with van der Waals surface area (Å²) in [7, 11) is 0. The van der Waals surface area contributed by atoms with Gasteiger partial charge in [-0.2, -0.15) is 0 Å². The van der Waals surface area contributed by atoms with Crippen LogP contribution in [0.5, 0.6) is 0 Å². The lowest BCUT2D eigenvalue weighted by Crippen LogP contribution is -1.78. The molecule has 0 amide bonds. The Morgan fingerprint density at radius 1 is 1.33 bits per heavy atom. The van der Waals surface area contributed by atoms with Gasteiger partial charge in [-0.05, 0) is 18.9 Å². The Morgan fingerprint density at radius 2 is 2.00 bits per heavy atom. The fraction of sp³-hybridized carbons (Fsp3) is 0.429. The van der Waals surface area contributed by atoms with E-state index in [1.54, 1.807) is 6.08 Å². The van der Waals surface area contributed by atoms with Gasteiger partial charge in [0.1, 0.15) is 0 Å². The molecule has 0 aliphatic rings. The van der Waals surface area contributed by atoms with Crippen molar-refractivity contribution in [1.82, 2.24) is 0 Å². The molecule has 0 radical (unpaired) electrons. The van der Waals surface area contributed by atoms with Crippen LogP contribution in [0, 0.1) is 0 Å². The molecular weight excluding hydrogens is 122 g/mol. The lowest BCUT2D eigenvalue weighted by molar-refractivity contribution is 0.204. The Labute approximate surface area is 53.9 Å². The molecule has 0 N–H and O–H groups in total. The predicted octanol–water partition coefficient (Wildman–Crippen LogP) is 2.77. The largest absolute Gasteiger partial charge is 0.257 e. The van der Waals surface area contributed by atoms with Crippen LogP contribution in [0.3, 0.4) is 0 Å². The number of unbranched alkanes of at least 4 members (excludes halogenated alkanes) is 1. The van der Waals surface area contributed by atoms with E-state index in [0.717, 1.165) is 12.5 Å². The summed E-state index contributed by atoms with van der Waals surface area (Å²) < 4.78 is 22.7. The van der Waals surface area contributed by atoms with Crippen molar-refractivity contribution in [3.8, 4) is 0 Å². The summed E-state index contributed by atoms with van der Waals surface area (Å²) in [4.78, 5) is 0. The molecule has 0 heterocycles. The predicted molar refractivity (Wildman–Crippen MR) is 34.6 cm³/mol. The molecule has 0 rings (SSSR count). The standard InChI is InChI=1S/C7H10F2/c1-2-3-4-5-6-7(8)9/h2,5-7H,1,3-4H2/b6-5+. The number of halogens is 2. The third-order valence-corrected chi connectivity index (χ3v) is 0.819. The SMILES string of the molecule is C=CCC/C=C/C(F)F. The maximum Gasteiger partial charge on any atom is 0.257 e. The minimum atomic E-state index is -2.31. The summed E-state index contributed by atoms with van der Waals surface area (Å²) in [6, 6.07) is 0. The molecule has 0 bridgehead atoms. The Bertz CT molecular complexity index is 95.1. The van der Waals surface area contributed by atoms with Crippen LogP contribution in [0.1, 0.15) is 12.8 Å². The van der Waals surface area contributed by atoms with Gasteiger partial charge in [0.05, 0.1) is 0 Å². The van der Waals surface area contributed by atoms with Crippen molar-refractivity contribution >= 4 is 0 Å². The van der Waals surface area contributed by atoms with Crippen LogP contribution >= 0.6 is 0 Å². The van der Waals surface area contributed by atoms with Gasteiger partial charge < -0.3 is 0 Å². The number of rotatable bonds is 4. The van der Waals surface area contributed by atoms with Crippen LogP contribution in [0.2, 0.25) is 0 Å². The third-order valence-electron chi connectivity index (χ3n) is 0.819. The molecule has 0 aromatic carbocycles. The molecule has 0 aliphatic heterocycles. The zero-order chi connectivity index (χ0) is 7.11. The fourth-order valence-corrected chi connectivity index (χ4v) is 0.413. The van der Waals surface area contributed by atoms with Gasteiger partial charge in [0, 0.05) is 0 Å². The molecule has 9 heavy (non-hydrogen) atoms. The highest BCUT2D eigenvalue weighted by Gasteiger charge is 1.89. The number of allylic oxidation sites excluding steroid dienone is 3. The molecule has 0 unspecified atom stereocenters. The van der Waals surface area contributed by atoms with Crippen LogP contribution in [-0.4, -0.2) is 6.43 Å². The Balaban J connectivity index is 3.14. The van der Waals surface area contributed by atoms with Crippen LogP contribution in [0.15, 0.2) is 24.8 Å². The highest BCUT2D eigenvalue weighted by atomic mass is 19.3. The van der Waals surface area contributed by atoms with Crippen LogP contribution in [-0.2, 0) is 0 Å². The van der Waals surface area contributed by atoms with Crippen LogP contribution in [0.4, 0.5) is 8.78 Å². The molecule has 0 spiro atoms. The first-order valence-electron chi connectivity index (χ1n) is 2.83. The average Bonchev–Trinajstić information content (AvgIpc) is 1.80. The first-order valence-corrected chi connectivity index (χ1v) is 2.83. The van der Waals surface area contributed by atoms with Crippen molar-refractivity contribution in [3.05, 3.63) is 24.8 Å². The van der Waals surface area contributed by atoms with E-state index in [0.29, 0.717) is 6.42 Å². The number of hydrogen-bond acceptors (Lipinski definition) is 0. The van der Waals surface area contributed by atoms with E-state index >= 15 is 0 Å². The van der Waals surface area contributed by atoms with Gasteiger partial charge >= 0.3 is 0 Å². The second-order valence-electron chi connectivity index (χ2n) is 1.63. The second-order valence-corrected chi connectivity index (χ2v) is 1.63. The molecule has 0 saturated heterocycles. The maximum absolute atomic E-state index is 11.3. The minimum Gasteiger partial charge on any atom is -0.206 e. The molecule has 2 heteroatoms. The number of hydrogen-bond donors (Lipinski definition) is 0. The molecule has 0 aromatic heterocycles. The van der Waals surface area contributed by atoms with Gasteiger partial charge in [-0.1, -0.05) is 12.2 Å². The van der Waals surface area contributed by atoms with Gasteiger partial charge in [-0.15, -0.1) is 6.58 Å². The van der Waals surface area contributed by atoms with E-state index in [9.17, 15) is 8.78 Å². The Hall–Kier alpha value is -0.660. The fourth-order valence-electron chi connectivity index (χ4n) is 0.413. The van der Waals surface area contributed by atoms with E-state index in [2.05, 4.69) is 6.58 Å². The van der Waals surface area contributed by atoms with Crippen molar-refractivity contribution in [1.29, 1.82) is 0 Å². The quantitative estimate of drug-likeness (QED) is 0.407. The molecule has 0 atom stereocenters. The molecule has 52 valence electrons. The lowest BCUT2D eigenvalue weighted by Gasteiger charge is -1.85. The van der Waals surface area contributed by atoms with E-state index in [1.807, 2.05) is 0 Å². The topological polar surface area (TPSA) is 0 Å². The average molecular weight is 132 g/mol. The highest BCUT2D eigenvalue weighted by molar-refractivity contribution is 4.85. The van der Waals surface area contributed by atoms with Gasteiger partial charge in [0.15, 0.2) is 0 Å². The zero-order valence-corrected chi connectivity index (χ0v) is 5.19. The maximum atomic E-state index is 11.3. The summed E-state index contributed by atoms with van der Waals surface area (Å²) in [5.74, 6) is 0. The summed E-state index contributed by atoms with van der Waals surface area (Å²) in [5.41, 5.74) is 0. The normalized spacial score (nSPS) is 11.0.